The van der Waals surface area contributed by atoms with Crippen LogP contribution in [0.25, 0.3) is 0 Å². The molecule has 0 aliphatic rings. The van der Waals surface area contributed by atoms with Crippen LogP contribution in [-0.2, 0) is 13.1 Å². The van der Waals surface area contributed by atoms with Gasteiger partial charge >= 0.3 is 0 Å². The van der Waals surface area contributed by atoms with Gasteiger partial charge in [-0.05, 0) is 44.1 Å². The molecule has 0 bridgehead atoms. The van der Waals surface area contributed by atoms with Crippen molar-refractivity contribution in [2.24, 2.45) is 0 Å². The first-order valence-corrected chi connectivity index (χ1v) is 7.25. The predicted octanol–water partition coefficient (Wildman–Crippen LogP) is 2.26. The summed E-state index contributed by atoms with van der Waals surface area (Å²) in [6.45, 7) is 4.70. The Bertz CT molecular complexity index is 648. The summed E-state index contributed by atoms with van der Waals surface area (Å²) in [4.78, 5) is 14.0. The summed E-state index contributed by atoms with van der Waals surface area (Å²) in [5.41, 5.74) is 9.01. The normalized spacial score (nSPS) is 11.0. The Morgan fingerprint density at radius 2 is 1.95 bits per heavy atom. The number of nitrogen functional groups attached to an aromatic ring is 1. The average molecular weight is 285 g/mol. The Morgan fingerprint density at radius 3 is 2.71 bits per heavy atom. The molecule has 2 N–H and O–H groups in total. The highest BCUT2D eigenvalue weighted by Gasteiger charge is 2.03. The molecule has 2 rings (SSSR count). The number of hydrogen-bond acceptors (Lipinski definition) is 3. The summed E-state index contributed by atoms with van der Waals surface area (Å²) >= 11 is 0. The number of benzene rings is 1. The maximum absolute atomic E-state index is 11.7. The number of aromatic nitrogens is 1. The summed E-state index contributed by atoms with van der Waals surface area (Å²) in [6.07, 6.45) is 2.63. The molecule has 2 aromatic rings. The Morgan fingerprint density at radius 1 is 1.19 bits per heavy atom. The van der Waals surface area contributed by atoms with Crippen molar-refractivity contribution in [1.82, 2.24) is 9.47 Å². The molecule has 1 aromatic carbocycles. The molecule has 0 amide bonds. The van der Waals surface area contributed by atoms with Crippen molar-refractivity contribution in [3.63, 3.8) is 0 Å². The zero-order valence-electron chi connectivity index (χ0n) is 12.7. The largest absolute Gasteiger partial charge is 0.398 e. The smallest absolute Gasteiger partial charge is 0.250 e. The van der Waals surface area contributed by atoms with Gasteiger partial charge in [-0.2, -0.15) is 0 Å². The second kappa shape index (κ2) is 7.09. The van der Waals surface area contributed by atoms with Crippen LogP contribution in [0.2, 0.25) is 0 Å². The Balaban J connectivity index is 1.84. The average Bonchev–Trinajstić information content (AvgIpc) is 2.45. The van der Waals surface area contributed by atoms with Crippen LogP contribution in [-0.4, -0.2) is 23.1 Å². The zero-order chi connectivity index (χ0) is 15.2. The van der Waals surface area contributed by atoms with E-state index >= 15 is 0 Å². The van der Waals surface area contributed by atoms with E-state index in [9.17, 15) is 4.79 Å². The Hall–Kier alpha value is -2.07. The topological polar surface area (TPSA) is 51.3 Å². The summed E-state index contributed by atoms with van der Waals surface area (Å²) in [5.74, 6) is 0. The molecule has 4 nitrogen and oxygen atoms in total. The Kier molecular flexibility index (Phi) is 5.17. The molecule has 112 valence electrons. The summed E-state index contributed by atoms with van der Waals surface area (Å²) in [7, 11) is 2.11. The molecule has 0 unspecified atom stereocenters. The van der Waals surface area contributed by atoms with Crippen molar-refractivity contribution in [1.29, 1.82) is 0 Å². The molecule has 0 radical (unpaired) electrons. The van der Waals surface area contributed by atoms with Gasteiger partial charge in [0.1, 0.15) is 0 Å². The first-order valence-electron chi connectivity index (χ1n) is 7.25. The fourth-order valence-electron chi connectivity index (χ4n) is 2.39. The van der Waals surface area contributed by atoms with E-state index in [4.69, 9.17) is 5.73 Å². The van der Waals surface area contributed by atoms with Crippen molar-refractivity contribution in [2.45, 2.75) is 26.4 Å². The molecule has 0 atom stereocenters. The molecular formula is C17H23N3O. The summed E-state index contributed by atoms with van der Waals surface area (Å²) < 4.78 is 1.68. The molecular weight excluding hydrogens is 262 g/mol. The van der Waals surface area contributed by atoms with Gasteiger partial charge in [-0.15, -0.1) is 0 Å². The minimum absolute atomic E-state index is 0.00533. The molecule has 21 heavy (non-hydrogen) atoms. The van der Waals surface area contributed by atoms with Gasteiger partial charge in [0.05, 0.1) is 0 Å². The van der Waals surface area contributed by atoms with Crippen LogP contribution >= 0.6 is 0 Å². The number of rotatable bonds is 6. The van der Waals surface area contributed by atoms with E-state index in [1.54, 1.807) is 16.8 Å². The van der Waals surface area contributed by atoms with E-state index in [2.05, 4.69) is 43.1 Å². The third-order valence-corrected chi connectivity index (χ3v) is 3.65. The van der Waals surface area contributed by atoms with Gasteiger partial charge in [0, 0.05) is 31.0 Å². The summed E-state index contributed by atoms with van der Waals surface area (Å²) in [5, 5.41) is 0. The van der Waals surface area contributed by atoms with E-state index in [0.717, 1.165) is 19.5 Å². The van der Waals surface area contributed by atoms with Crippen LogP contribution in [0.15, 0.2) is 47.4 Å². The van der Waals surface area contributed by atoms with Gasteiger partial charge in [-0.1, -0.05) is 24.3 Å². The lowest BCUT2D eigenvalue weighted by molar-refractivity contribution is 0.313. The van der Waals surface area contributed by atoms with Crippen LogP contribution in [0.3, 0.4) is 0 Å². The number of hydrogen-bond donors (Lipinski definition) is 1. The van der Waals surface area contributed by atoms with Crippen molar-refractivity contribution < 1.29 is 0 Å². The van der Waals surface area contributed by atoms with Gasteiger partial charge in [0.25, 0.3) is 5.56 Å². The number of pyridine rings is 1. The van der Waals surface area contributed by atoms with Crippen molar-refractivity contribution in [2.75, 3.05) is 19.3 Å². The van der Waals surface area contributed by atoms with Crippen molar-refractivity contribution in [3.05, 3.63) is 64.1 Å². The van der Waals surface area contributed by atoms with Gasteiger partial charge in [0.15, 0.2) is 0 Å². The minimum atomic E-state index is 0.00533. The van der Waals surface area contributed by atoms with E-state index in [0.29, 0.717) is 12.2 Å². The molecule has 0 spiro atoms. The second-order valence-corrected chi connectivity index (χ2v) is 5.51. The van der Waals surface area contributed by atoms with Crippen LogP contribution in [0.4, 0.5) is 5.69 Å². The third kappa shape index (κ3) is 4.46. The molecule has 0 aliphatic heterocycles. The monoisotopic (exact) mass is 285 g/mol. The van der Waals surface area contributed by atoms with Crippen molar-refractivity contribution >= 4 is 5.69 Å². The highest BCUT2D eigenvalue weighted by atomic mass is 16.1. The highest BCUT2D eigenvalue weighted by Crippen LogP contribution is 2.09. The Labute approximate surface area is 125 Å². The standard InChI is InChI=1S/C17H23N3O/c1-14-6-3-4-7-15(14)12-19(2)10-5-11-20-13-16(18)8-9-17(20)21/h3-4,6-9,13H,5,10-12,18H2,1-2H3. The van der Waals surface area contributed by atoms with E-state index in [1.807, 2.05) is 0 Å². The molecule has 0 saturated heterocycles. The van der Waals surface area contributed by atoms with Gasteiger partial charge in [-0.25, -0.2) is 0 Å². The SMILES string of the molecule is Cc1ccccc1CN(C)CCCn1cc(N)ccc1=O. The summed E-state index contributed by atoms with van der Waals surface area (Å²) in [6, 6.07) is 11.6. The molecule has 0 saturated carbocycles. The van der Waals surface area contributed by atoms with E-state index < -0.39 is 0 Å². The van der Waals surface area contributed by atoms with Gasteiger partial charge in [0.2, 0.25) is 0 Å². The van der Waals surface area contributed by atoms with Crippen LogP contribution in [0, 0.1) is 6.92 Å². The quantitative estimate of drug-likeness (QED) is 0.885. The van der Waals surface area contributed by atoms with Crippen LogP contribution in [0.1, 0.15) is 17.5 Å². The lowest BCUT2D eigenvalue weighted by Crippen LogP contribution is -2.24. The first-order chi connectivity index (χ1) is 10.1. The van der Waals surface area contributed by atoms with Gasteiger partial charge in [-0.3, -0.25) is 4.79 Å². The zero-order valence-corrected chi connectivity index (χ0v) is 12.7. The number of nitrogens with two attached hydrogens (primary N) is 1. The highest BCUT2D eigenvalue weighted by molar-refractivity contribution is 5.33. The van der Waals surface area contributed by atoms with E-state index in [1.165, 1.54) is 17.2 Å². The lowest BCUT2D eigenvalue weighted by Gasteiger charge is -2.18. The fourth-order valence-corrected chi connectivity index (χ4v) is 2.39. The minimum Gasteiger partial charge on any atom is -0.398 e. The fraction of sp³-hybridized carbons (Fsp3) is 0.353. The second-order valence-electron chi connectivity index (χ2n) is 5.51. The lowest BCUT2D eigenvalue weighted by atomic mass is 10.1. The predicted molar refractivity (Wildman–Crippen MR) is 87.2 cm³/mol. The number of aryl methyl sites for hydroxylation is 2. The third-order valence-electron chi connectivity index (χ3n) is 3.65. The maximum atomic E-state index is 11.7. The van der Waals surface area contributed by atoms with Crippen molar-refractivity contribution in [3.8, 4) is 0 Å². The van der Waals surface area contributed by atoms with Gasteiger partial charge < -0.3 is 15.2 Å². The number of anilines is 1. The molecule has 1 heterocycles. The molecule has 1 aromatic heterocycles. The van der Waals surface area contributed by atoms with Crippen LogP contribution in [0.5, 0.6) is 0 Å². The number of nitrogens with zero attached hydrogens (tertiary/aromatic N) is 2. The molecule has 0 aliphatic carbocycles. The molecule has 0 fully saturated rings. The first kappa shape index (κ1) is 15.3. The maximum Gasteiger partial charge on any atom is 0.250 e. The molecule has 4 heteroatoms. The van der Waals surface area contributed by atoms with E-state index in [-0.39, 0.29) is 5.56 Å². The van der Waals surface area contributed by atoms with Crippen LogP contribution < -0.4 is 11.3 Å².